The quantitative estimate of drug-likeness (QED) is 0.842. The molecule has 0 radical (unpaired) electrons. The summed E-state index contributed by atoms with van der Waals surface area (Å²) in [4.78, 5) is 11.2. The molecule has 2 rings (SSSR count). The fraction of sp³-hybridized carbons (Fsp3) is 0.333. The Morgan fingerprint density at radius 3 is 2.75 bits per heavy atom. The van der Waals surface area contributed by atoms with Crippen LogP contribution in [0.2, 0.25) is 0 Å². The van der Waals surface area contributed by atoms with Gasteiger partial charge in [0.1, 0.15) is 0 Å². The predicted molar refractivity (Wildman–Crippen MR) is 59.4 cm³/mol. The van der Waals surface area contributed by atoms with Gasteiger partial charge in [0, 0.05) is 10.9 Å². The minimum Gasteiger partial charge on any atom is -0.481 e. The van der Waals surface area contributed by atoms with E-state index in [0.29, 0.717) is 11.1 Å². The van der Waals surface area contributed by atoms with Gasteiger partial charge in [0.25, 0.3) is 0 Å². The third-order valence-corrected chi connectivity index (χ3v) is 2.89. The third kappa shape index (κ3) is 1.38. The topological polar surface area (TPSA) is 63.3 Å². The molecule has 1 aromatic heterocycles. The van der Waals surface area contributed by atoms with Gasteiger partial charge < -0.3 is 9.63 Å². The van der Waals surface area contributed by atoms with Crippen molar-refractivity contribution in [3.05, 3.63) is 29.5 Å². The lowest BCUT2D eigenvalue weighted by Gasteiger charge is -2.19. The van der Waals surface area contributed by atoms with Gasteiger partial charge in [-0.2, -0.15) is 0 Å². The van der Waals surface area contributed by atoms with Crippen LogP contribution < -0.4 is 0 Å². The predicted octanol–water partition coefficient (Wildman–Crippen LogP) is 2.50. The van der Waals surface area contributed by atoms with E-state index in [4.69, 9.17) is 4.52 Å². The van der Waals surface area contributed by atoms with E-state index >= 15 is 0 Å². The van der Waals surface area contributed by atoms with Gasteiger partial charge in [-0.1, -0.05) is 17.3 Å². The smallest absolute Gasteiger partial charge is 0.313 e. The number of carboxylic acids is 1. The zero-order chi connectivity index (χ0) is 11.9. The van der Waals surface area contributed by atoms with Gasteiger partial charge in [0.15, 0.2) is 5.58 Å². The van der Waals surface area contributed by atoms with Crippen molar-refractivity contribution in [1.82, 2.24) is 5.16 Å². The van der Waals surface area contributed by atoms with Crippen LogP contribution in [0.5, 0.6) is 0 Å². The SMILES string of the molecule is Cc1noc2c(C(C)(C)C(=O)O)cccc12. The van der Waals surface area contributed by atoms with E-state index in [1.54, 1.807) is 19.9 Å². The Bertz CT molecular complexity index is 554. The summed E-state index contributed by atoms with van der Waals surface area (Å²) in [6.45, 7) is 5.15. The van der Waals surface area contributed by atoms with E-state index in [9.17, 15) is 9.90 Å². The molecule has 4 nitrogen and oxygen atoms in total. The lowest BCUT2D eigenvalue weighted by molar-refractivity contribution is -0.142. The molecule has 0 aliphatic rings. The average Bonchev–Trinajstić information content (AvgIpc) is 2.60. The van der Waals surface area contributed by atoms with Crippen molar-refractivity contribution in [2.45, 2.75) is 26.2 Å². The molecule has 84 valence electrons. The summed E-state index contributed by atoms with van der Waals surface area (Å²) in [5.74, 6) is -0.881. The van der Waals surface area contributed by atoms with Crippen molar-refractivity contribution in [2.24, 2.45) is 0 Å². The maximum Gasteiger partial charge on any atom is 0.313 e. The largest absolute Gasteiger partial charge is 0.481 e. The fourth-order valence-electron chi connectivity index (χ4n) is 1.69. The molecule has 0 aliphatic heterocycles. The minimum absolute atomic E-state index is 0.562. The summed E-state index contributed by atoms with van der Waals surface area (Å²) < 4.78 is 5.20. The van der Waals surface area contributed by atoms with Crippen LogP contribution in [0.4, 0.5) is 0 Å². The van der Waals surface area contributed by atoms with Crippen molar-refractivity contribution in [3.63, 3.8) is 0 Å². The van der Waals surface area contributed by atoms with Crippen LogP contribution in [0.15, 0.2) is 22.7 Å². The van der Waals surface area contributed by atoms with Crippen LogP contribution in [0.1, 0.15) is 25.1 Å². The Hall–Kier alpha value is -1.84. The summed E-state index contributed by atoms with van der Waals surface area (Å²) in [6.07, 6.45) is 0. The zero-order valence-electron chi connectivity index (χ0n) is 9.44. The Balaban J connectivity index is 2.75. The first-order valence-corrected chi connectivity index (χ1v) is 5.03. The number of nitrogens with zero attached hydrogens (tertiary/aromatic N) is 1. The molecule has 0 spiro atoms. The molecule has 0 amide bonds. The molecule has 1 heterocycles. The highest BCUT2D eigenvalue weighted by atomic mass is 16.5. The van der Waals surface area contributed by atoms with Gasteiger partial charge >= 0.3 is 5.97 Å². The van der Waals surface area contributed by atoms with E-state index < -0.39 is 11.4 Å². The number of carboxylic acid groups (broad SMARTS) is 1. The summed E-state index contributed by atoms with van der Waals surface area (Å²) in [5.41, 5.74) is 1.01. The number of benzene rings is 1. The Morgan fingerprint density at radius 1 is 1.44 bits per heavy atom. The van der Waals surface area contributed by atoms with Crippen molar-refractivity contribution in [2.75, 3.05) is 0 Å². The van der Waals surface area contributed by atoms with Crippen molar-refractivity contribution >= 4 is 16.9 Å². The molecule has 0 fully saturated rings. The van der Waals surface area contributed by atoms with Gasteiger partial charge in [0.05, 0.1) is 11.1 Å². The van der Waals surface area contributed by atoms with Gasteiger partial charge in [-0.05, 0) is 26.8 Å². The Kier molecular flexibility index (Phi) is 2.22. The lowest BCUT2D eigenvalue weighted by Crippen LogP contribution is -2.28. The van der Waals surface area contributed by atoms with E-state index in [2.05, 4.69) is 5.16 Å². The summed E-state index contributed by atoms with van der Waals surface area (Å²) >= 11 is 0. The van der Waals surface area contributed by atoms with Crippen LogP contribution in [-0.4, -0.2) is 16.2 Å². The van der Waals surface area contributed by atoms with Gasteiger partial charge in [-0.15, -0.1) is 0 Å². The van der Waals surface area contributed by atoms with E-state index in [1.165, 1.54) is 0 Å². The van der Waals surface area contributed by atoms with Crippen LogP contribution in [0, 0.1) is 6.92 Å². The maximum atomic E-state index is 11.2. The standard InChI is InChI=1S/C12H13NO3/c1-7-8-5-4-6-9(10(8)16-13-7)12(2,3)11(14)15/h4-6H,1-3H3,(H,14,15). The number of aliphatic carboxylic acids is 1. The molecule has 4 heteroatoms. The van der Waals surface area contributed by atoms with Crippen molar-refractivity contribution in [1.29, 1.82) is 0 Å². The number of hydrogen-bond acceptors (Lipinski definition) is 3. The average molecular weight is 219 g/mol. The first kappa shape index (κ1) is 10.7. The van der Waals surface area contributed by atoms with Gasteiger partial charge in [-0.3, -0.25) is 4.79 Å². The molecule has 0 unspecified atom stereocenters. The molecule has 0 aliphatic carbocycles. The first-order chi connectivity index (χ1) is 7.44. The van der Waals surface area contributed by atoms with Crippen molar-refractivity contribution in [3.8, 4) is 0 Å². The normalized spacial score (nSPS) is 11.9. The highest BCUT2D eigenvalue weighted by Gasteiger charge is 2.32. The van der Waals surface area contributed by atoms with Crippen LogP contribution in [0.25, 0.3) is 11.0 Å². The van der Waals surface area contributed by atoms with E-state index in [1.807, 2.05) is 19.1 Å². The summed E-state index contributed by atoms with van der Waals surface area (Å²) in [5, 5.41) is 13.9. The monoisotopic (exact) mass is 219 g/mol. The minimum atomic E-state index is -0.981. The number of rotatable bonds is 2. The van der Waals surface area contributed by atoms with E-state index in [0.717, 1.165) is 11.1 Å². The van der Waals surface area contributed by atoms with E-state index in [-0.39, 0.29) is 0 Å². The molecule has 0 saturated heterocycles. The highest BCUT2D eigenvalue weighted by molar-refractivity contribution is 5.90. The highest BCUT2D eigenvalue weighted by Crippen LogP contribution is 2.31. The summed E-state index contributed by atoms with van der Waals surface area (Å²) in [6, 6.07) is 5.47. The second-order valence-corrected chi connectivity index (χ2v) is 4.38. The number of fused-ring (bicyclic) bond motifs is 1. The molecule has 0 atom stereocenters. The Morgan fingerprint density at radius 2 is 2.12 bits per heavy atom. The number of aryl methyl sites for hydroxylation is 1. The first-order valence-electron chi connectivity index (χ1n) is 5.03. The molecular formula is C12H13NO3. The molecule has 16 heavy (non-hydrogen) atoms. The molecular weight excluding hydrogens is 206 g/mol. The fourth-order valence-corrected chi connectivity index (χ4v) is 1.69. The van der Waals surface area contributed by atoms with Crippen molar-refractivity contribution < 1.29 is 14.4 Å². The van der Waals surface area contributed by atoms with Crippen LogP contribution >= 0.6 is 0 Å². The maximum absolute atomic E-state index is 11.2. The molecule has 1 aromatic carbocycles. The van der Waals surface area contributed by atoms with Gasteiger partial charge in [0.2, 0.25) is 0 Å². The molecule has 1 N–H and O–H groups in total. The van der Waals surface area contributed by atoms with Gasteiger partial charge in [-0.25, -0.2) is 0 Å². The molecule has 2 aromatic rings. The second kappa shape index (κ2) is 3.33. The Labute approximate surface area is 92.9 Å². The molecule has 0 bridgehead atoms. The number of para-hydroxylation sites is 1. The second-order valence-electron chi connectivity index (χ2n) is 4.38. The third-order valence-electron chi connectivity index (χ3n) is 2.89. The number of carbonyl (C=O) groups is 1. The number of aromatic nitrogens is 1. The van der Waals surface area contributed by atoms with Crippen LogP contribution in [0.3, 0.4) is 0 Å². The lowest BCUT2D eigenvalue weighted by atomic mass is 9.84. The number of hydrogen-bond donors (Lipinski definition) is 1. The summed E-state index contributed by atoms with van der Waals surface area (Å²) in [7, 11) is 0. The molecule has 0 saturated carbocycles. The zero-order valence-corrected chi connectivity index (χ0v) is 9.44. The van der Waals surface area contributed by atoms with Crippen LogP contribution in [-0.2, 0) is 10.2 Å².